The van der Waals surface area contributed by atoms with Gasteiger partial charge in [-0.15, -0.1) is 5.92 Å². The van der Waals surface area contributed by atoms with Crippen LogP contribution in [0.4, 0.5) is 0 Å². The van der Waals surface area contributed by atoms with E-state index in [1.165, 1.54) is 19.3 Å². The molecule has 0 aromatic carbocycles. The monoisotopic (exact) mass is 233 g/mol. The van der Waals surface area contributed by atoms with Crippen LogP contribution in [0.15, 0.2) is 0 Å². The van der Waals surface area contributed by atoms with E-state index in [1.54, 1.807) is 0 Å². The lowest BCUT2D eigenvalue weighted by atomic mass is 9.76. The normalized spacial score (nSPS) is 32.7. The highest BCUT2D eigenvalue weighted by Crippen LogP contribution is 2.36. The molecular weight excluding hydrogens is 210 g/mol. The molecule has 2 heterocycles. The van der Waals surface area contributed by atoms with E-state index in [0.29, 0.717) is 24.3 Å². The molecule has 2 saturated heterocycles. The van der Waals surface area contributed by atoms with E-state index in [-0.39, 0.29) is 5.92 Å². The summed E-state index contributed by atoms with van der Waals surface area (Å²) in [6.45, 7) is 2.03. The summed E-state index contributed by atoms with van der Waals surface area (Å²) >= 11 is 0. The fraction of sp³-hybridized carbons (Fsp3) is 0.800. The minimum absolute atomic E-state index is 0.285. The third-order valence-electron chi connectivity index (χ3n) is 4.36. The third-order valence-corrected chi connectivity index (χ3v) is 4.36. The molecule has 0 aromatic heterocycles. The van der Waals surface area contributed by atoms with Gasteiger partial charge in [0.2, 0.25) is 0 Å². The van der Waals surface area contributed by atoms with Crippen molar-refractivity contribution in [3.05, 3.63) is 0 Å². The van der Waals surface area contributed by atoms with Crippen molar-refractivity contribution in [2.45, 2.75) is 64.0 Å². The van der Waals surface area contributed by atoms with Gasteiger partial charge in [-0.25, -0.2) is 0 Å². The zero-order valence-corrected chi connectivity index (χ0v) is 11.0. The Morgan fingerprint density at radius 3 is 2.47 bits per heavy atom. The van der Waals surface area contributed by atoms with Crippen molar-refractivity contribution in [1.29, 1.82) is 0 Å². The molecule has 2 aliphatic rings. The van der Waals surface area contributed by atoms with Crippen LogP contribution in [0.5, 0.6) is 0 Å². The third kappa shape index (κ3) is 2.90. The molecule has 2 atom stereocenters. The second-order valence-electron chi connectivity index (χ2n) is 5.42. The van der Waals surface area contributed by atoms with Crippen LogP contribution in [0.25, 0.3) is 0 Å². The van der Waals surface area contributed by atoms with E-state index in [9.17, 15) is 4.79 Å². The Hall–Kier alpha value is -0.810. The van der Waals surface area contributed by atoms with Gasteiger partial charge in [-0.1, -0.05) is 19.3 Å². The maximum Gasteiger partial charge on any atom is 0.147 e. The minimum Gasteiger partial charge on any atom is -0.300 e. The van der Waals surface area contributed by atoms with Gasteiger partial charge in [0, 0.05) is 24.4 Å². The number of carbonyl (C=O) groups excluding carboxylic acids is 1. The molecule has 0 spiro atoms. The van der Waals surface area contributed by atoms with Crippen LogP contribution in [0.1, 0.15) is 51.9 Å². The second kappa shape index (κ2) is 5.69. The molecule has 2 fully saturated rings. The van der Waals surface area contributed by atoms with Crippen molar-refractivity contribution in [1.82, 2.24) is 4.90 Å². The van der Waals surface area contributed by atoms with Gasteiger partial charge < -0.3 is 4.90 Å². The molecule has 94 valence electrons. The van der Waals surface area contributed by atoms with Crippen molar-refractivity contribution in [3.63, 3.8) is 0 Å². The van der Waals surface area contributed by atoms with Crippen LogP contribution in [-0.2, 0) is 4.79 Å². The molecule has 2 rings (SSSR count). The van der Waals surface area contributed by atoms with Crippen molar-refractivity contribution in [2.24, 2.45) is 5.92 Å². The number of nitrogens with zero attached hydrogens (tertiary/aromatic N) is 1. The van der Waals surface area contributed by atoms with Crippen LogP contribution < -0.4 is 0 Å². The lowest BCUT2D eigenvalue weighted by molar-refractivity contribution is -0.125. The van der Waals surface area contributed by atoms with E-state index in [0.717, 1.165) is 19.3 Å². The Morgan fingerprint density at radius 2 is 1.88 bits per heavy atom. The predicted molar refractivity (Wildman–Crippen MR) is 69.6 cm³/mol. The number of carbonyl (C=O) groups is 1. The number of Topliss-reactive ketones (excluding diaryl/α,β-unsaturated/α-hetero) is 1. The van der Waals surface area contributed by atoms with Gasteiger partial charge in [0.15, 0.2) is 0 Å². The molecule has 0 amide bonds. The van der Waals surface area contributed by atoms with Crippen LogP contribution in [-0.4, -0.2) is 29.8 Å². The van der Waals surface area contributed by atoms with E-state index >= 15 is 0 Å². The molecule has 2 bridgehead atoms. The predicted octanol–water partition coefficient (Wildman–Crippen LogP) is 2.62. The first-order valence-electron chi connectivity index (χ1n) is 6.92. The van der Waals surface area contributed by atoms with Crippen molar-refractivity contribution in [3.8, 4) is 11.8 Å². The molecule has 2 heteroatoms. The average Bonchev–Trinajstić information content (AvgIpc) is 2.28. The first-order chi connectivity index (χ1) is 8.22. The molecule has 2 nitrogen and oxygen atoms in total. The van der Waals surface area contributed by atoms with E-state index < -0.39 is 0 Å². The number of hydrogen-bond donors (Lipinski definition) is 0. The first kappa shape index (κ1) is 12.6. The first-order valence-corrected chi connectivity index (χ1v) is 6.92. The summed E-state index contributed by atoms with van der Waals surface area (Å²) in [7, 11) is 2.23. The largest absolute Gasteiger partial charge is 0.300 e. The van der Waals surface area contributed by atoms with Gasteiger partial charge in [0.1, 0.15) is 5.78 Å². The van der Waals surface area contributed by atoms with Crippen LogP contribution in [0.2, 0.25) is 0 Å². The molecule has 0 N–H and O–H groups in total. The Bertz CT molecular complexity index is 325. The summed E-state index contributed by atoms with van der Waals surface area (Å²) in [4.78, 5) is 14.6. The Kier molecular flexibility index (Phi) is 4.23. The molecule has 0 saturated carbocycles. The molecule has 17 heavy (non-hydrogen) atoms. The fourth-order valence-electron chi connectivity index (χ4n) is 3.30. The quantitative estimate of drug-likeness (QED) is 0.683. The maximum absolute atomic E-state index is 12.1. The number of fused-ring (bicyclic) bond motifs is 2. The second-order valence-corrected chi connectivity index (χ2v) is 5.42. The fourth-order valence-corrected chi connectivity index (χ4v) is 3.30. The summed E-state index contributed by atoms with van der Waals surface area (Å²) < 4.78 is 0. The lowest BCUT2D eigenvalue weighted by Gasteiger charge is -2.46. The smallest absolute Gasteiger partial charge is 0.147 e. The van der Waals surface area contributed by atoms with Gasteiger partial charge >= 0.3 is 0 Å². The highest BCUT2D eigenvalue weighted by molar-refractivity contribution is 5.83. The number of rotatable bonds is 2. The highest BCUT2D eigenvalue weighted by atomic mass is 16.1. The van der Waals surface area contributed by atoms with Crippen molar-refractivity contribution >= 4 is 5.78 Å². The van der Waals surface area contributed by atoms with Crippen LogP contribution in [0.3, 0.4) is 0 Å². The Balaban J connectivity index is 1.93. The summed E-state index contributed by atoms with van der Waals surface area (Å²) in [6, 6.07) is 1.30. The zero-order chi connectivity index (χ0) is 12.3. The standard InChI is InChI=1S/C15H23NO/c1-3-4-5-9-15(17)12-10-13-7-6-8-14(11-12)16(13)2/h12-14H,3,6-11H2,1-2H3. The van der Waals surface area contributed by atoms with Gasteiger partial charge in [-0.3, -0.25) is 4.79 Å². The highest BCUT2D eigenvalue weighted by Gasteiger charge is 2.38. The Morgan fingerprint density at radius 1 is 1.24 bits per heavy atom. The molecule has 0 aromatic rings. The lowest BCUT2D eigenvalue weighted by Crippen LogP contribution is -2.50. The SMILES string of the molecule is CCC#CCC(=O)C1CC2CCCC(C1)N2C. The van der Waals surface area contributed by atoms with Gasteiger partial charge in [0.25, 0.3) is 0 Å². The zero-order valence-electron chi connectivity index (χ0n) is 11.0. The summed E-state index contributed by atoms with van der Waals surface area (Å²) in [5.74, 6) is 6.66. The van der Waals surface area contributed by atoms with Crippen molar-refractivity contribution in [2.75, 3.05) is 7.05 Å². The molecule has 2 aliphatic heterocycles. The summed E-state index contributed by atoms with van der Waals surface area (Å²) in [6.07, 6.45) is 7.36. The maximum atomic E-state index is 12.1. The molecular formula is C15H23NO. The van der Waals surface area contributed by atoms with E-state index in [2.05, 4.69) is 23.8 Å². The van der Waals surface area contributed by atoms with Gasteiger partial charge in [0.05, 0.1) is 6.42 Å². The topological polar surface area (TPSA) is 20.3 Å². The van der Waals surface area contributed by atoms with Crippen LogP contribution >= 0.6 is 0 Å². The Labute approximate surface area is 105 Å². The van der Waals surface area contributed by atoms with E-state index in [1.807, 2.05) is 6.92 Å². The van der Waals surface area contributed by atoms with Crippen molar-refractivity contribution < 1.29 is 4.79 Å². The number of ketones is 1. The summed E-state index contributed by atoms with van der Waals surface area (Å²) in [5.41, 5.74) is 0. The average molecular weight is 233 g/mol. The summed E-state index contributed by atoms with van der Waals surface area (Å²) in [5, 5.41) is 0. The molecule has 0 aliphatic carbocycles. The molecule has 2 unspecified atom stereocenters. The number of piperidine rings is 2. The van der Waals surface area contributed by atoms with Gasteiger partial charge in [-0.2, -0.15) is 0 Å². The minimum atomic E-state index is 0.285. The molecule has 0 radical (unpaired) electrons. The van der Waals surface area contributed by atoms with Crippen LogP contribution in [0, 0.1) is 17.8 Å². The van der Waals surface area contributed by atoms with Gasteiger partial charge in [-0.05, 0) is 32.7 Å². The number of hydrogen-bond acceptors (Lipinski definition) is 2. The van der Waals surface area contributed by atoms with E-state index in [4.69, 9.17) is 0 Å².